The summed E-state index contributed by atoms with van der Waals surface area (Å²) in [5.74, 6) is 0.741. The standard InChI is InChI=1S/C18H29N3O4/c1-2-3-21(11-16(23)24)10-15(22)19-17(25)20-18-7-12-4-13(8-18)6-14(5-12)9-18/h12-14H,2-11H2,1H3,(H,23,24)(H2,19,20,22,25). The summed E-state index contributed by atoms with van der Waals surface area (Å²) >= 11 is 0. The maximum absolute atomic E-state index is 12.3. The van der Waals surface area contributed by atoms with Crippen LogP contribution in [0.3, 0.4) is 0 Å². The van der Waals surface area contributed by atoms with Gasteiger partial charge in [0.25, 0.3) is 0 Å². The largest absolute Gasteiger partial charge is 0.480 e. The van der Waals surface area contributed by atoms with E-state index in [0.29, 0.717) is 6.54 Å². The van der Waals surface area contributed by atoms with Crippen LogP contribution in [-0.4, -0.2) is 53.1 Å². The number of imide groups is 1. The molecule has 4 aliphatic carbocycles. The molecule has 7 heteroatoms. The number of urea groups is 1. The molecule has 0 heterocycles. The zero-order chi connectivity index (χ0) is 18.0. The number of hydrogen-bond donors (Lipinski definition) is 3. The number of carboxylic acids is 1. The summed E-state index contributed by atoms with van der Waals surface area (Å²) in [5.41, 5.74) is -0.136. The van der Waals surface area contributed by atoms with Crippen molar-refractivity contribution in [3.8, 4) is 0 Å². The van der Waals surface area contributed by atoms with Gasteiger partial charge in [-0.15, -0.1) is 0 Å². The molecule has 25 heavy (non-hydrogen) atoms. The molecule has 0 spiro atoms. The maximum Gasteiger partial charge on any atom is 0.321 e. The Kier molecular flexibility index (Phi) is 5.32. The Bertz CT molecular complexity index is 513. The van der Waals surface area contributed by atoms with Crippen LogP contribution in [0.2, 0.25) is 0 Å². The van der Waals surface area contributed by atoms with E-state index in [9.17, 15) is 14.4 Å². The predicted molar refractivity (Wildman–Crippen MR) is 91.9 cm³/mol. The lowest BCUT2D eigenvalue weighted by Crippen LogP contribution is -2.62. The van der Waals surface area contributed by atoms with E-state index in [-0.39, 0.29) is 18.6 Å². The van der Waals surface area contributed by atoms with Crippen LogP contribution in [0.5, 0.6) is 0 Å². The zero-order valence-electron chi connectivity index (χ0n) is 14.9. The van der Waals surface area contributed by atoms with Crippen molar-refractivity contribution in [3.63, 3.8) is 0 Å². The molecular formula is C18H29N3O4. The predicted octanol–water partition coefficient (Wildman–Crippen LogP) is 1.58. The number of aliphatic carboxylic acids is 1. The van der Waals surface area contributed by atoms with Gasteiger partial charge in [-0.25, -0.2) is 4.79 Å². The molecule has 4 saturated carbocycles. The molecule has 0 aromatic rings. The van der Waals surface area contributed by atoms with Gasteiger partial charge in [0.2, 0.25) is 5.91 Å². The van der Waals surface area contributed by atoms with E-state index in [4.69, 9.17) is 5.11 Å². The molecule has 4 bridgehead atoms. The van der Waals surface area contributed by atoms with Crippen LogP contribution in [0.4, 0.5) is 4.79 Å². The van der Waals surface area contributed by atoms with Crippen molar-refractivity contribution in [2.24, 2.45) is 17.8 Å². The van der Waals surface area contributed by atoms with Crippen LogP contribution in [0, 0.1) is 17.8 Å². The lowest BCUT2D eigenvalue weighted by atomic mass is 9.53. The Balaban J connectivity index is 1.50. The summed E-state index contributed by atoms with van der Waals surface area (Å²) in [5, 5.41) is 14.4. The number of nitrogens with zero attached hydrogens (tertiary/aromatic N) is 1. The van der Waals surface area contributed by atoms with Gasteiger partial charge in [0.15, 0.2) is 0 Å². The van der Waals surface area contributed by atoms with Gasteiger partial charge in [-0.05, 0) is 69.2 Å². The number of hydrogen-bond acceptors (Lipinski definition) is 4. The highest BCUT2D eigenvalue weighted by molar-refractivity contribution is 5.95. The second-order valence-electron chi connectivity index (χ2n) is 8.30. The maximum atomic E-state index is 12.3. The van der Waals surface area contributed by atoms with E-state index in [1.165, 1.54) is 24.2 Å². The first kappa shape index (κ1) is 18.2. The minimum absolute atomic E-state index is 0.0750. The normalized spacial score (nSPS) is 32.6. The van der Waals surface area contributed by atoms with Crippen LogP contribution >= 0.6 is 0 Å². The molecule has 0 aliphatic heterocycles. The van der Waals surface area contributed by atoms with Gasteiger partial charge in [-0.2, -0.15) is 0 Å². The Hall–Kier alpha value is -1.63. The molecular weight excluding hydrogens is 322 g/mol. The van der Waals surface area contributed by atoms with Gasteiger partial charge in [-0.3, -0.25) is 19.8 Å². The summed E-state index contributed by atoms with van der Waals surface area (Å²) in [6, 6.07) is -0.432. The van der Waals surface area contributed by atoms with Crippen molar-refractivity contribution in [2.45, 2.75) is 57.4 Å². The van der Waals surface area contributed by atoms with Gasteiger partial charge in [0, 0.05) is 5.54 Å². The third kappa shape index (κ3) is 4.51. The minimum Gasteiger partial charge on any atom is -0.480 e. The van der Waals surface area contributed by atoms with E-state index in [1.807, 2.05) is 6.92 Å². The molecule has 0 saturated heterocycles. The van der Waals surface area contributed by atoms with E-state index in [2.05, 4.69) is 10.6 Å². The fourth-order valence-corrected chi connectivity index (χ4v) is 5.63. The number of carbonyl (C=O) groups is 3. The van der Waals surface area contributed by atoms with E-state index in [0.717, 1.165) is 43.4 Å². The van der Waals surface area contributed by atoms with Crippen molar-refractivity contribution in [2.75, 3.05) is 19.6 Å². The van der Waals surface area contributed by atoms with Gasteiger partial charge < -0.3 is 10.4 Å². The highest BCUT2D eigenvalue weighted by atomic mass is 16.4. The lowest BCUT2D eigenvalue weighted by molar-refractivity contribution is -0.138. The summed E-state index contributed by atoms with van der Waals surface area (Å²) < 4.78 is 0. The van der Waals surface area contributed by atoms with Crippen molar-refractivity contribution in [1.82, 2.24) is 15.5 Å². The third-order valence-corrected chi connectivity index (χ3v) is 5.94. The number of amides is 3. The van der Waals surface area contributed by atoms with Crippen molar-refractivity contribution in [3.05, 3.63) is 0 Å². The minimum atomic E-state index is -0.973. The summed E-state index contributed by atoms with van der Waals surface area (Å²) in [6.45, 7) is 2.16. The van der Waals surface area contributed by atoms with E-state index < -0.39 is 17.9 Å². The number of carbonyl (C=O) groups excluding carboxylic acids is 2. The topological polar surface area (TPSA) is 98.7 Å². The Morgan fingerprint density at radius 1 is 1.04 bits per heavy atom. The summed E-state index contributed by atoms with van der Waals surface area (Å²) in [4.78, 5) is 36.8. The Morgan fingerprint density at radius 2 is 1.60 bits per heavy atom. The van der Waals surface area contributed by atoms with Gasteiger partial charge >= 0.3 is 12.0 Å². The Morgan fingerprint density at radius 3 is 2.08 bits per heavy atom. The second-order valence-corrected chi connectivity index (χ2v) is 8.30. The molecule has 0 aromatic heterocycles. The van der Waals surface area contributed by atoms with E-state index >= 15 is 0 Å². The van der Waals surface area contributed by atoms with Gasteiger partial charge in [0.05, 0.1) is 13.1 Å². The molecule has 3 amide bonds. The van der Waals surface area contributed by atoms with Crippen LogP contribution < -0.4 is 10.6 Å². The van der Waals surface area contributed by atoms with Gasteiger partial charge in [0.1, 0.15) is 0 Å². The van der Waals surface area contributed by atoms with E-state index in [1.54, 1.807) is 0 Å². The molecule has 7 nitrogen and oxygen atoms in total. The number of rotatable bonds is 7. The average molecular weight is 351 g/mol. The first-order chi connectivity index (χ1) is 11.9. The first-order valence-corrected chi connectivity index (χ1v) is 9.43. The summed E-state index contributed by atoms with van der Waals surface area (Å²) in [7, 11) is 0. The smallest absolute Gasteiger partial charge is 0.321 e. The van der Waals surface area contributed by atoms with Crippen LogP contribution in [-0.2, 0) is 9.59 Å². The monoisotopic (exact) mass is 351 g/mol. The molecule has 0 aromatic carbocycles. The van der Waals surface area contributed by atoms with Crippen LogP contribution in [0.15, 0.2) is 0 Å². The first-order valence-electron chi connectivity index (χ1n) is 9.43. The third-order valence-electron chi connectivity index (χ3n) is 5.94. The second kappa shape index (κ2) is 7.32. The molecule has 0 unspecified atom stereocenters. The lowest BCUT2D eigenvalue weighted by Gasteiger charge is -2.56. The fraction of sp³-hybridized carbons (Fsp3) is 0.833. The molecule has 4 rings (SSSR count). The van der Waals surface area contributed by atoms with Gasteiger partial charge in [-0.1, -0.05) is 6.92 Å². The SMILES string of the molecule is CCCN(CC(=O)O)CC(=O)NC(=O)NC12CC3CC(CC(C3)C1)C2. The van der Waals surface area contributed by atoms with Crippen LogP contribution in [0.1, 0.15) is 51.9 Å². The average Bonchev–Trinajstić information content (AvgIpc) is 2.43. The molecule has 4 fully saturated rings. The Labute approximate surface area is 148 Å². The summed E-state index contributed by atoms with van der Waals surface area (Å²) in [6.07, 6.45) is 7.72. The van der Waals surface area contributed by atoms with Crippen LogP contribution in [0.25, 0.3) is 0 Å². The zero-order valence-corrected chi connectivity index (χ0v) is 14.9. The molecule has 0 atom stereocenters. The number of nitrogens with one attached hydrogen (secondary N) is 2. The van der Waals surface area contributed by atoms with Crippen molar-refractivity contribution in [1.29, 1.82) is 0 Å². The van der Waals surface area contributed by atoms with Crippen molar-refractivity contribution >= 4 is 17.9 Å². The quantitative estimate of drug-likeness (QED) is 0.647. The van der Waals surface area contributed by atoms with Crippen molar-refractivity contribution < 1.29 is 19.5 Å². The fourth-order valence-electron chi connectivity index (χ4n) is 5.63. The molecule has 3 N–H and O–H groups in total. The molecule has 140 valence electrons. The highest BCUT2D eigenvalue weighted by Crippen LogP contribution is 2.55. The molecule has 4 aliphatic rings. The molecule has 0 radical (unpaired) electrons. The highest BCUT2D eigenvalue weighted by Gasteiger charge is 2.51. The number of carboxylic acid groups (broad SMARTS) is 1.